The average Bonchev–Trinajstić information content (AvgIpc) is 2.69. The van der Waals surface area contributed by atoms with E-state index in [0.29, 0.717) is 12.0 Å². The number of nitrogens with one attached hydrogen (secondary N) is 2. The molecule has 138 valence electrons. The standard InChI is InChI=1S/C21H22BrN5/c22-16-7-4-10-18(12-16)24-20-13-19(15-6-5-11-23-14-15)26-21(27-20)25-17-8-2-1-3-9-17/h4-7,10-14,17H,1-3,8-9H2,(H2,24,25,26,27). The molecule has 1 aromatic carbocycles. The molecule has 0 aliphatic heterocycles. The first-order chi connectivity index (χ1) is 13.3. The van der Waals surface area contributed by atoms with Crippen molar-refractivity contribution in [1.82, 2.24) is 15.0 Å². The Bertz CT molecular complexity index is 894. The van der Waals surface area contributed by atoms with Crippen molar-refractivity contribution in [3.63, 3.8) is 0 Å². The molecule has 1 fully saturated rings. The largest absolute Gasteiger partial charge is 0.351 e. The van der Waals surface area contributed by atoms with Gasteiger partial charge < -0.3 is 10.6 Å². The Balaban J connectivity index is 1.65. The van der Waals surface area contributed by atoms with E-state index in [1.54, 1.807) is 6.20 Å². The minimum absolute atomic E-state index is 0.446. The van der Waals surface area contributed by atoms with E-state index in [9.17, 15) is 0 Å². The van der Waals surface area contributed by atoms with Gasteiger partial charge in [-0.25, -0.2) is 4.98 Å². The molecule has 2 N–H and O–H groups in total. The fourth-order valence-electron chi connectivity index (χ4n) is 3.38. The second-order valence-electron chi connectivity index (χ2n) is 6.82. The first kappa shape index (κ1) is 17.9. The number of benzene rings is 1. The van der Waals surface area contributed by atoms with Crippen LogP contribution in [0.1, 0.15) is 32.1 Å². The molecule has 0 bridgehead atoms. The van der Waals surface area contributed by atoms with Crippen molar-refractivity contribution in [3.05, 3.63) is 59.3 Å². The molecule has 4 rings (SSSR count). The lowest BCUT2D eigenvalue weighted by Crippen LogP contribution is -2.23. The Morgan fingerprint density at radius 1 is 0.963 bits per heavy atom. The minimum Gasteiger partial charge on any atom is -0.351 e. The quantitative estimate of drug-likeness (QED) is 0.543. The predicted octanol–water partition coefficient (Wildman–Crippen LogP) is 5.79. The lowest BCUT2D eigenvalue weighted by Gasteiger charge is -2.23. The maximum absolute atomic E-state index is 4.75. The SMILES string of the molecule is Brc1cccc(Nc2cc(-c3cccnc3)nc(NC3CCCCC3)n2)c1. The van der Waals surface area contributed by atoms with Gasteiger partial charge in [-0.05, 0) is 43.2 Å². The van der Waals surface area contributed by atoms with Crippen molar-refractivity contribution in [1.29, 1.82) is 0 Å². The number of anilines is 3. The van der Waals surface area contributed by atoms with E-state index in [0.717, 1.165) is 27.2 Å². The number of rotatable bonds is 5. The monoisotopic (exact) mass is 423 g/mol. The fourth-order valence-corrected chi connectivity index (χ4v) is 3.78. The molecule has 2 heterocycles. The van der Waals surface area contributed by atoms with Crippen LogP contribution in [0, 0.1) is 0 Å². The molecule has 1 aliphatic rings. The van der Waals surface area contributed by atoms with Gasteiger partial charge in [0, 0.05) is 40.2 Å². The first-order valence-corrected chi connectivity index (χ1v) is 10.1. The third-order valence-electron chi connectivity index (χ3n) is 4.72. The molecular formula is C21H22BrN5. The van der Waals surface area contributed by atoms with E-state index in [1.165, 1.54) is 32.1 Å². The van der Waals surface area contributed by atoms with Crippen molar-refractivity contribution < 1.29 is 0 Å². The molecular weight excluding hydrogens is 402 g/mol. The normalized spacial score (nSPS) is 14.7. The molecule has 6 heteroatoms. The summed E-state index contributed by atoms with van der Waals surface area (Å²) < 4.78 is 1.02. The second kappa shape index (κ2) is 8.48. The van der Waals surface area contributed by atoms with Crippen LogP contribution in [0.3, 0.4) is 0 Å². The Morgan fingerprint density at radius 3 is 2.63 bits per heavy atom. The molecule has 0 unspecified atom stereocenters. The van der Waals surface area contributed by atoms with Gasteiger partial charge >= 0.3 is 0 Å². The second-order valence-corrected chi connectivity index (χ2v) is 7.73. The zero-order valence-corrected chi connectivity index (χ0v) is 16.6. The number of hydrogen-bond donors (Lipinski definition) is 2. The van der Waals surface area contributed by atoms with Crippen molar-refractivity contribution >= 4 is 33.4 Å². The first-order valence-electron chi connectivity index (χ1n) is 9.35. The molecule has 0 amide bonds. The summed E-state index contributed by atoms with van der Waals surface area (Å²) in [6, 6.07) is 14.4. The van der Waals surface area contributed by atoms with E-state index < -0.39 is 0 Å². The van der Waals surface area contributed by atoms with Crippen LogP contribution >= 0.6 is 15.9 Å². The molecule has 0 atom stereocenters. The topological polar surface area (TPSA) is 62.7 Å². The summed E-state index contributed by atoms with van der Waals surface area (Å²) in [5.41, 5.74) is 2.81. The summed E-state index contributed by atoms with van der Waals surface area (Å²) in [7, 11) is 0. The van der Waals surface area contributed by atoms with E-state index in [1.807, 2.05) is 48.7 Å². The average molecular weight is 424 g/mol. The summed E-state index contributed by atoms with van der Waals surface area (Å²) in [6.45, 7) is 0. The molecule has 0 radical (unpaired) electrons. The third-order valence-corrected chi connectivity index (χ3v) is 5.21. The molecule has 0 saturated heterocycles. The van der Waals surface area contributed by atoms with Crippen LogP contribution in [-0.4, -0.2) is 21.0 Å². The van der Waals surface area contributed by atoms with Crippen LogP contribution in [0.5, 0.6) is 0 Å². The van der Waals surface area contributed by atoms with Gasteiger partial charge in [-0.3, -0.25) is 4.98 Å². The van der Waals surface area contributed by atoms with Gasteiger partial charge in [-0.1, -0.05) is 41.3 Å². The van der Waals surface area contributed by atoms with E-state index in [4.69, 9.17) is 9.97 Å². The Hall–Kier alpha value is -2.47. The molecule has 1 saturated carbocycles. The fraction of sp³-hybridized carbons (Fsp3) is 0.286. The molecule has 5 nitrogen and oxygen atoms in total. The number of nitrogens with zero attached hydrogens (tertiary/aromatic N) is 3. The number of halogens is 1. The number of pyridine rings is 1. The van der Waals surface area contributed by atoms with Crippen molar-refractivity contribution in [2.75, 3.05) is 10.6 Å². The van der Waals surface area contributed by atoms with Gasteiger partial charge in [0.1, 0.15) is 5.82 Å². The molecule has 2 aromatic heterocycles. The van der Waals surface area contributed by atoms with Crippen molar-refractivity contribution in [3.8, 4) is 11.3 Å². The van der Waals surface area contributed by atoms with Crippen LogP contribution < -0.4 is 10.6 Å². The van der Waals surface area contributed by atoms with Crippen LogP contribution in [0.15, 0.2) is 59.3 Å². The van der Waals surface area contributed by atoms with Gasteiger partial charge in [0.25, 0.3) is 0 Å². The summed E-state index contributed by atoms with van der Waals surface area (Å²) in [4.78, 5) is 13.7. The number of hydrogen-bond acceptors (Lipinski definition) is 5. The zero-order valence-electron chi connectivity index (χ0n) is 15.0. The lowest BCUT2D eigenvalue weighted by molar-refractivity contribution is 0.461. The van der Waals surface area contributed by atoms with Crippen molar-refractivity contribution in [2.24, 2.45) is 0 Å². The van der Waals surface area contributed by atoms with Gasteiger partial charge in [-0.15, -0.1) is 0 Å². The van der Waals surface area contributed by atoms with Gasteiger partial charge in [0.2, 0.25) is 5.95 Å². The zero-order chi connectivity index (χ0) is 18.5. The van der Waals surface area contributed by atoms with Gasteiger partial charge in [0.15, 0.2) is 0 Å². The van der Waals surface area contributed by atoms with Crippen LogP contribution in [0.25, 0.3) is 11.3 Å². The summed E-state index contributed by atoms with van der Waals surface area (Å²) in [6.07, 6.45) is 9.81. The Morgan fingerprint density at radius 2 is 1.85 bits per heavy atom. The highest BCUT2D eigenvalue weighted by molar-refractivity contribution is 9.10. The van der Waals surface area contributed by atoms with Crippen LogP contribution in [0.4, 0.5) is 17.5 Å². The minimum atomic E-state index is 0.446. The molecule has 27 heavy (non-hydrogen) atoms. The summed E-state index contributed by atoms with van der Waals surface area (Å²) in [5.74, 6) is 1.43. The third kappa shape index (κ3) is 4.83. The van der Waals surface area contributed by atoms with Crippen LogP contribution in [-0.2, 0) is 0 Å². The molecule has 3 aromatic rings. The highest BCUT2D eigenvalue weighted by atomic mass is 79.9. The van der Waals surface area contributed by atoms with Crippen molar-refractivity contribution in [2.45, 2.75) is 38.1 Å². The summed E-state index contributed by atoms with van der Waals surface area (Å²) >= 11 is 3.51. The maximum Gasteiger partial charge on any atom is 0.225 e. The highest BCUT2D eigenvalue weighted by Crippen LogP contribution is 2.26. The Kier molecular flexibility index (Phi) is 5.63. The number of aromatic nitrogens is 3. The van der Waals surface area contributed by atoms with E-state index >= 15 is 0 Å². The molecule has 1 aliphatic carbocycles. The Labute approximate surface area is 167 Å². The summed E-state index contributed by atoms with van der Waals surface area (Å²) in [5, 5.41) is 6.93. The van der Waals surface area contributed by atoms with E-state index in [-0.39, 0.29) is 0 Å². The van der Waals surface area contributed by atoms with E-state index in [2.05, 4.69) is 31.5 Å². The highest BCUT2D eigenvalue weighted by Gasteiger charge is 2.15. The smallest absolute Gasteiger partial charge is 0.225 e. The maximum atomic E-state index is 4.75. The van der Waals surface area contributed by atoms with Crippen LogP contribution in [0.2, 0.25) is 0 Å². The molecule has 0 spiro atoms. The van der Waals surface area contributed by atoms with Gasteiger partial charge in [0.05, 0.1) is 5.69 Å². The lowest BCUT2D eigenvalue weighted by atomic mass is 9.96. The van der Waals surface area contributed by atoms with Gasteiger partial charge in [-0.2, -0.15) is 4.98 Å². The predicted molar refractivity (Wildman–Crippen MR) is 113 cm³/mol.